The van der Waals surface area contributed by atoms with Crippen LogP contribution in [0.5, 0.6) is 0 Å². The molecule has 0 radical (unpaired) electrons. The predicted molar refractivity (Wildman–Crippen MR) is 94.0 cm³/mol. The van der Waals surface area contributed by atoms with Gasteiger partial charge in [-0.2, -0.15) is 11.8 Å². The third-order valence-corrected chi connectivity index (χ3v) is 5.64. The third kappa shape index (κ3) is 5.06. The quantitative estimate of drug-likeness (QED) is 0.604. The fourth-order valence-electron chi connectivity index (χ4n) is 3.42. The van der Waals surface area contributed by atoms with Gasteiger partial charge < -0.3 is 11.1 Å². The first-order valence-corrected chi connectivity index (χ1v) is 9.64. The molecule has 2 fully saturated rings. The van der Waals surface area contributed by atoms with Crippen LogP contribution in [0.3, 0.4) is 0 Å². The molecule has 2 rings (SSSR count). The van der Waals surface area contributed by atoms with Gasteiger partial charge in [0.15, 0.2) is 5.96 Å². The minimum absolute atomic E-state index is 0.281. The topological polar surface area (TPSA) is 53.6 Å². The van der Waals surface area contributed by atoms with E-state index in [9.17, 15) is 0 Å². The Morgan fingerprint density at radius 2 is 1.90 bits per heavy atom. The second-order valence-electron chi connectivity index (χ2n) is 6.86. The number of nitrogens with two attached hydrogens (primary N) is 1. The Morgan fingerprint density at radius 3 is 2.52 bits per heavy atom. The highest BCUT2D eigenvalue weighted by atomic mass is 32.2. The summed E-state index contributed by atoms with van der Waals surface area (Å²) in [7, 11) is 0. The average Bonchev–Trinajstić information content (AvgIpc) is 2.52. The average molecular weight is 313 g/mol. The van der Waals surface area contributed by atoms with Crippen molar-refractivity contribution >= 4 is 17.7 Å². The van der Waals surface area contributed by atoms with Gasteiger partial charge in [0.1, 0.15) is 0 Å². The standard InChI is InChI=1S/C16H32N4S/c1-14(2)12-18-15(17)19-13-16(6-4-3-5-7-16)20-8-10-21-11-9-20/h14H,3-13H2,1-2H3,(H3,17,18,19). The second-order valence-corrected chi connectivity index (χ2v) is 8.09. The summed E-state index contributed by atoms with van der Waals surface area (Å²) in [6.45, 7) is 8.60. The first-order valence-electron chi connectivity index (χ1n) is 8.49. The van der Waals surface area contributed by atoms with E-state index in [2.05, 4.69) is 35.8 Å². The Morgan fingerprint density at radius 1 is 1.24 bits per heavy atom. The number of guanidine groups is 1. The van der Waals surface area contributed by atoms with Gasteiger partial charge in [-0.25, -0.2) is 0 Å². The van der Waals surface area contributed by atoms with Crippen LogP contribution in [0.4, 0.5) is 0 Å². The summed E-state index contributed by atoms with van der Waals surface area (Å²) in [5, 5.41) is 3.25. The van der Waals surface area contributed by atoms with Gasteiger partial charge in [-0.3, -0.25) is 9.89 Å². The van der Waals surface area contributed by atoms with E-state index in [-0.39, 0.29) is 5.54 Å². The summed E-state index contributed by atoms with van der Waals surface area (Å²) >= 11 is 2.08. The van der Waals surface area contributed by atoms with Gasteiger partial charge in [-0.15, -0.1) is 0 Å². The summed E-state index contributed by atoms with van der Waals surface area (Å²) in [6.07, 6.45) is 6.66. The lowest BCUT2D eigenvalue weighted by molar-refractivity contribution is 0.0672. The Hall–Kier alpha value is -0.420. The van der Waals surface area contributed by atoms with Crippen molar-refractivity contribution in [3.8, 4) is 0 Å². The minimum atomic E-state index is 0.281. The molecule has 2 aliphatic rings. The lowest BCUT2D eigenvalue weighted by Gasteiger charge is -2.47. The van der Waals surface area contributed by atoms with E-state index in [0.717, 1.165) is 13.1 Å². The van der Waals surface area contributed by atoms with Gasteiger partial charge in [0.2, 0.25) is 0 Å². The summed E-state index contributed by atoms with van der Waals surface area (Å²) in [5.74, 6) is 3.76. The molecule has 1 saturated carbocycles. The maximum absolute atomic E-state index is 6.04. The molecule has 0 aromatic carbocycles. The fourth-order valence-corrected chi connectivity index (χ4v) is 4.32. The molecule has 1 aliphatic carbocycles. The van der Waals surface area contributed by atoms with Crippen molar-refractivity contribution in [3.63, 3.8) is 0 Å². The van der Waals surface area contributed by atoms with Crippen LogP contribution in [0.25, 0.3) is 0 Å². The summed E-state index contributed by atoms with van der Waals surface area (Å²) in [6, 6.07) is 0. The van der Waals surface area contributed by atoms with Crippen LogP contribution in [-0.4, -0.2) is 54.1 Å². The van der Waals surface area contributed by atoms with Crippen molar-refractivity contribution in [1.29, 1.82) is 0 Å². The zero-order valence-corrected chi connectivity index (χ0v) is 14.6. The van der Waals surface area contributed by atoms with Gasteiger partial charge in [0, 0.05) is 36.7 Å². The number of hydrogen-bond donors (Lipinski definition) is 2. The summed E-state index contributed by atoms with van der Waals surface area (Å²) in [4.78, 5) is 7.41. The summed E-state index contributed by atoms with van der Waals surface area (Å²) < 4.78 is 0. The van der Waals surface area contributed by atoms with E-state index >= 15 is 0 Å². The second kappa shape index (κ2) is 8.28. The monoisotopic (exact) mass is 312 g/mol. The zero-order chi connectivity index (χ0) is 15.1. The molecule has 0 aromatic heterocycles. The molecule has 0 aromatic rings. The van der Waals surface area contributed by atoms with E-state index in [1.165, 1.54) is 56.7 Å². The van der Waals surface area contributed by atoms with Crippen molar-refractivity contribution in [3.05, 3.63) is 0 Å². The van der Waals surface area contributed by atoms with E-state index in [0.29, 0.717) is 11.9 Å². The lowest BCUT2D eigenvalue weighted by atomic mass is 9.80. The van der Waals surface area contributed by atoms with Crippen LogP contribution >= 0.6 is 11.8 Å². The Balaban J connectivity index is 1.97. The lowest BCUT2D eigenvalue weighted by Crippen LogP contribution is -2.55. The molecule has 0 atom stereocenters. The Bertz CT molecular complexity index is 331. The SMILES string of the molecule is CC(C)CNC(N)=NCC1(N2CCSCC2)CCCCC1. The molecule has 1 aliphatic heterocycles. The van der Waals surface area contributed by atoms with Gasteiger partial charge in [-0.1, -0.05) is 33.1 Å². The molecule has 0 unspecified atom stereocenters. The molecule has 0 amide bonds. The number of nitrogens with one attached hydrogen (secondary N) is 1. The highest BCUT2D eigenvalue weighted by molar-refractivity contribution is 7.99. The van der Waals surface area contributed by atoms with Crippen LogP contribution in [0.15, 0.2) is 4.99 Å². The van der Waals surface area contributed by atoms with Crippen molar-refractivity contribution < 1.29 is 0 Å². The van der Waals surface area contributed by atoms with Crippen molar-refractivity contribution in [2.75, 3.05) is 37.7 Å². The van der Waals surface area contributed by atoms with E-state index in [1.54, 1.807) is 0 Å². The predicted octanol–water partition coefficient (Wildman–Crippen LogP) is 2.30. The third-order valence-electron chi connectivity index (χ3n) is 4.70. The molecule has 4 nitrogen and oxygen atoms in total. The van der Waals surface area contributed by atoms with Crippen LogP contribution < -0.4 is 11.1 Å². The number of aliphatic imine (C=N–C) groups is 1. The van der Waals surface area contributed by atoms with Gasteiger partial charge in [0.05, 0.1) is 6.54 Å². The number of rotatable bonds is 5. The normalized spacial score (nSPS) is 24.2. The molecule has 0 spiro atoms. The van der Waals surface area contributed by atoms with Gasteiger partial charge >= 0.3 is 0 Å². The maximum atomic E-state index is 6.04. The molecular weight excluding hydrogens is 280 g/mol. The maximum Gasteiger partial charge on any atom is 0.188 e. The summed E-state index contributed by atoms with van der Waals surface area (Å²) in [5.41, 5.74) is 6.32. The number of hydrogen-bond acceptors (Lipinski definition) is 3. The van der Waals surface area contributed by atoms with Crippen molar-refractivity contribution in [2.45, 2.75) is 51.5 Å². The minimum Gasteiger partial charge on any atom is -0.370 e. The largest absolute Gasteiger partial charge is 0.370 e. The fraction of sp³-hybridized carbons (Fsp3) is 0.938. The van der Waals surface area contributed by atoms with Crippen LogP contribution in [-0.2, 0) is 0 Å². The smallest absolute Gasteiger partial charge is 0.188 e. The number of nitrogens with zero attached hydrogens (tertiary/aromatic N) is 2. The first kappa shape index (κ1) is 16.9. The van der Waals surface area contributed by atoms with Crippen molar-refractivity contribution in [1.82, 2.24) is 10.2 Å². The highest BCUT2D eigenvalue weighted by Crippen LogP contribution is 2.35. The molecule has 5 heteroatoms. The molecule has 0 bridgehead atoms. The molecule has 1 heterocycles. The van der Waals surface area contributed by atoms with E-state index < -0.39 is 0 Å². The van der Waals surface area contributed by atoms with E-state index in [1.807, 2.05) is 0 Å². The molecule has 1 saturated heterocycles. The van der Waals surface area contributed by atoms with E-state index in [4.69, 9.17) is 10.7 Å². The Labute approximate surface area is 134 Å². The van der Waals surface area contributed by atoms with Crippen LogP contribution in [0.2, 0.25) is 0 Å². The highest BCUT2D eigenvalue weighted by Gasteiger charge is 2.38. The molecule has 3 N–H and O–H groups in total. The molecular formula is C16H32N4S. The molecule has 122 valence electrons. The van der Waals surface area contributed by atoms with Crippen LogP contribution in [0, 0.1) is 5.92 Å². The zero-order valence-electron chi connectivity index (χ0n) is 13.7. The van der Waals surface area contributed by atoms with Crippen LogP contribution in [0.1, 0.15) is 46.0 Å². The number of thioether (sulfide) groups is 1. The van der Waals surface area contributed by atoms with Crippen molar-refractivity contribution in [2.24, 2.45) is 16.6 Å². The Kier molecular flexibility index (Phi) is 6.68. The molecule has 21 heavy (non-hydrogen) atoms. The first-order chi connectivity index (χ1) is 10.1. The van der Waals surface area contributed by atoms with Gasteiger partial charge in [-0.05, 0) is 18.8 Å². The van der Waals surface area contributed by atoms with Gasteiger partial charge in [0.25, 0.3) is 0 Å².